The van der Waals surface area contributed by atoms with E-state index in [0.29, 0.717) is 0 Å². The van der Waals surface area contributed by atoms with Crippen molar-refractivity contribution in [2.75, 3.05) is 24.7 Å². The second kappa shape index (κ2) is 11.1. The Morgan fingerprint density at radius 1 is 1.22 bits per heavy atom. The second-order valence-electron chi connectivity index (χ2n) is 5.90. The van der Waals surface area contributed by atoms with Gasteiger partial charge >= 0.3 is 0 Å². The lowest BCUT2D eigenvalue weighted by Crippen LogP contribution is -2.46. The minimum atomic E-state index is -0.0708. The van der Waals surface area contributed by atoms with E-state index in [1.807, 2.05) is 0 Å². The Kier molecular flexibility index (Phi) is 11.3. The monoisotopic (exact) mass is 275 g/mol. The number of unbranched alkanes of at least 4 members (excludes halogenated alkanes) is 1. The van der Waals surface area contributed by atoms with Crippen molar-refractivity contribution in [2.24, 2.45) is 5.92 Å². The van der Waals surface area contributed by atoms with Crippen LogP contribution in [0.4, 0.5) is 0 Å². The standard InChI is InChI=1S/C15H33NOS/c1-5-10-16-15(4,13-17)9-6-7-11-18-12-8-14(2)3/h14,16-17H,5-13H2,1-4H3. The molecule has 0 radical (unpaired) electrons. The summed E-state index contributed by atoms with van der Waals surface area (Å²) in [6.07, 6.45) is 6.01. The van der Waals surface area contributed by atoms with Crippen LogP contribution < -0.4 is 5.32 Å². The van der Waals surface area contributed by atoms with Crippen LogP contribution in [-0.2, 0) is 0 Å². The van der Waals surface area contributed by atoms with Gasteiger partial charge in [-0.05, 0) is 56.6 Å². The average Bonchev–Trinajstić information content (AvgIpc) is 2.35. The smallest absolute Gasteiger partial charge is 0.0610 e. The topological polar surface area (TPSA) is 32.3 Å². The third-order valence-electron chi connectivity index (χ3n) is 3.26. The molecule has 0 rings (SSSR count). The Bertz CT molecular complexity index is 187. The number of thioether (sulfide) groups is 1. The Balaban J connectivity index is 3.50. The zero-order chi connectivity index (χ0) is 13.9. The fraction of sp³-hybridized carbons (Fsp3) is 1.00. The number of rotatable bonds is 12. The van der Waals surface area contributed by atoms with E-state index in [1.54, 1.807) is 0 Å². The summed E-state index contributed by atoms with van der Waals surface area (Å²) in [5.41, 5.74) is -0.0708. The first-order valence-electron chi connectivity index (χ1n) is 7.47. The van der Waals surface area contributed by atoms with E-state index in [4.69, 9.17) is 0 Å². The third-order valence-corrected chi connectivity index (χ3v) is 4.36. The highest BCUT2D eigenvalue weighted by molar-refractivity contribution is 7.99. The third kappa shape index (κ3) is 10.2. The van der Waals surface area contributed by atoms with Crippen LogP contribution in [0.25, 0.3) is 0 Å². The molecule has 1 unspecified atom stereocenters. The quantitative estimate of drug-likeness (QED) is 0.533. The Labute approximate surface area is 118 Å². The fourth-order valence-corrected chi connectivity index (χ4v) is 3.04. The molecule has 0 saturated heterocycles. The molecule has 0 aromatic rings. The van der Waals surface area contributed by atoms with Gasteiger partial charge in [0.2, 0.25) is 0 Å². The molecule has 2 N–H and O–H groups in total. The summed E-state index contributed by atoms with van der Waals surface area (Å²) in [5.74, 6) is 3.39. The molecule has 3 heteroatoms. The van der Waals surface area contributed by atoms with E-state index in [-0.39, 0.29) is 12.1 Å². The highest BCUT2D eigenvalue weighted by atomic mass is 32.2. The average molecular weight is 276 g/mol. The second-order valence-corrected chi connectivity index (χ2v) is 7.12. The summed E-state index contributed by atoms with van der Waals surface area (Å²) >= 11 is 2.07. The van der Waals surface area contributed by atoms with Crippen molar-refractivity contribution in [3.8, 4) is 0 Å². The maximum Gasteiger partial charge on any atom is 0.0610 e. The van der Waals surface area contributed by atoms with Crippen LogP contribution in [0.15, 0.2) is 0 Å². The zero-order valence-corrected chi connectivity index (χ0v) is 13.6. The SMILES string of the molecule is CCCNC(C)(CO)CCCCSCCC(C)C. The largest absolute Gasteiger partial charge is 0.394 e. The molecule has 0 amide bonds. The van der Waals surface area contributed by atoms with Crippen molar-refractivity contribution in [1.82, 2.24) is 5.32 Å². The Morgan fingerprint density at radius 3 is 2.50 bits per heavy atom. The molecule has 0 aliphatic rings. The lowest BCUT2D eigenvalue weighted by Gasteiger charge is -2.28. The van der Waals surface area contributed by atoms with Crippen molar-refractivity contribution < 1.29 is 5.11 Å². The molecule has 0 fully saturated rings. The summed E-state index contributed by atoms with van der Waals surface area (Å²) in [4.78, 5) is 0. The van der Waals surface area contributed by atoms with Crippen LogP contribution in [-0.4, -0.2) is 35.3 Å². The number of aliphatic hydroxyl groups is 1. The van der Waals surface area contributed by atoms with E-state index < -0.39 is 0 Å². The van der Waals surface area contributed by atoms with Crippen LogP contribution in [0.2, 0.25) is 0 Å². The molecular weight excluding hydrogens is 242 g/mol. The first-order chi connectivity index (χ1) is 8.54. The molecule has 2 nitrogen and oxygen atoms in total. The molecule has 0 saturated carbocycles. The summed E-state index contributed by atoms with van der Waals surface area (Å²) in [5, 5.41) is 12.9. The zero-order valence-electron chi connectivity index (χ0n) is 12.8. The summed E-state index contributed by atoms with van der Waals surface area (Å²) in [7, 11) is 0. The van der Waals surface area contributed by atoms with Gasteiger partial charge in [0.05, 0.1) is 6.61 Å². The van der Waals surface area contributed by atoms with Crippen molar-refractivity contribution in [3.05, 3.63) is 0 Å². The molecule has 1 atom stereocenters. The van der Waals surface area contributed by atoms with E-state index in [2.05, 4.69) is 44.8 Å². The van der Waals surface area contributed by atoms with E-state index in [1.165, 1.54) is 30.8 Å². The summed E-state index contributed by atoms with van der Waals surface area (Å²) < 4.78 is 0. The first kappa shape index (κ1) is 18.3. The lowest BCUT2D eigenvalue weighted by molar-refractivity contribution is 0.163. The first-order valence-corrected chi connectivity index (χ1v) is 8.63. The van der Waals surface area contributed by atoms with Gasteiger partial charge in [-0.1, -0.05) is 27.2 Å². The number of hydrogen-bond acceptors (Lipinski definition) is 3. The molecule has 110 valence electrons. The number of aliphatic hydroxyl groups excluding tert-OH is 1. The van der Waals surface area contributed by atoms with Gasteiger partial charge in [0, 0.05) is 5.54 Å². The van der Waals surface area contributed by atoms with Crippen molar-refractivity contribution >= 4 is 11.8 Å². The van der Waals surface area contributed by atoms with Gasteiger partial charge in [0.15, 0.2) is 0 Å². The Morgan fingerprint density at radius 2 is 1.94 bits per heavy atom. The maximum atomic E-state index is 9.45. The molecule has 0 spiro atoms. The van der Waals surface area contributed by atoms with Gasteiger partial charge in [0.1, 0.15) is 0 Å². The maximum absolute atomic E-state index is 9.45. The molecule has 18 heavy (non-hydrogen) atoms. The van der Waals surface area contributed by atoms with Gasteiger partial charge in [-0.15, -0.1) is 0 Å². The molecule has 0 heterocycles. The molecule has 0 aromatic carbocycles. The van der Waals surface area contributed by atoms with Crippen LogP contribution in [0.1, 0.15) is 59.8 Å². The molecule has 0 aliphatic carbocycles. The van der Waals surface area contributed by atoms with Crippen LogP contribution in [0.3, 0.4) is 0 Å². The fourth-order valence-electron chi connectivity index (χ4n) is 1.79. The lowest BCUT2D eigenvalue weighted by atomic mass is 9.96. The summed E-state index contributed by atoms with van der Waals surface area (Å²) in [6.45, 7) is 10.1. The predicted octanol–water partition coefficient (Wildman–Crippen LogP) is 3.69. The molecule has 0 aromatic heterocycles. The van der Waals surface area contributed by atoms with E-state index >= 15 is 0 Å². The highest BCUT2D eigenvalue weighted by Crippen LogP contribution is 2.16. The van der Waals surface area contributed by atoms with Gasteiger partial charge < -0.3 is 10.4 Å². The van der Waals surface area contributed by atoms with Crippen molar-refractivity contribution in [1.29, 1.82) is 0 Å². The van der Waals surface area contributed by atoms with Crippen molar-refractivity contribution in [2.45, 2.75) is 65.3 Å². The van der Waals surface area contributed by atoms with Gasteiger partial charge in [-0.2, -0.15) is 11.8 Å². The van der Waals surface area contributed by atoms with E-state index in [0.717, 1.165) is 25.3 Å². The van der Waals surface area contributed by atoms with Gasteiger partial charge in [0.25, 0.3) is 0 Å². The predicted molar refractivity (Wildman–Crippen MR) is 84.4 cm³/mol. The van der Waals surface area contributed by atoms with Crippen LogP contribution >= 0.6 is 11.8 Å². The van der Waals surface area contributed by atoms with Gasteiger partial charge in [-0.25, -0.2) is 0 Å². The number of nitrogens with one attached hydrogen (secondary N) is 1. The molecule has 0 bridgehead atoms. The van der Waals surface area contributed by atoms with Crippen LogP contribution in [0, 0.1) is 5.92 Å². The summed E-state index contributed by atoms with van der Waals surface area (Å²) in [6, 6.07) is 0. The normalized spacial score (nSPS) is 15.0. The van der Waals surface area contributed by atoms with E-state index in [9.17, 15) is 5.11 Å². The minimum Gasteiger partial charge on any atom is -0.394 e. The molecule has 0 aliphatic heterocycles. The molecular formula is C15H33NOS. The number of hydrogen-bond donors (Lipinski definition) is 2. The van der Waals surface area contributed by atoms with Crippen LogP contribution in [0.5, 0.6) is 0 Å². The minimum absolute atomic E-state index is 0.0708. The van der Waals surface area contributed by atoms with Gasteiger partial charge in [-0.3, -0.25) is 0 Å². The Hall–Kier alpha value is 0.270. The van der Waals surface area contributed by atoms with Crippen molar-refractivity contribution in [3.63, 3.8) is 0 Å². The highest BCUT2D eigenvalue weighted by Gasteiger charge is 2.20.